The molecule has 0 fully saturated rings. The summed E-state index contributed by atoms with van der Waals surface area (Å²) in [5, 5.41) is 18.0. The quantitative estimate of drug-likeness (QED) is 0.362. The Kier molecular flexibility index (Phi) is 4.35. The lowest BCUT2D eigenvalue weighted by atomic mass is 9.88. The first kappa shape index (κ1) is 18.9. The van der Waals surface area contributed by atoms with Gasteiger partial charge in [0, 0.05) is 21.8 Å². The average molecular weight is 453 g/mol. The van der Waals surface area contributed by atoms with Crippen molar-refractivity contribution in [2.24, 2.45) is 5.73 Å². The molecule has 1 aliphatic rings. The third-order valence-corrected chi connectivity index (χ3v) is 7.65. The number of nitrogens with two attached hydrogens (primary N) is 1. The first-order valence-corrected chi connectivity index (χ1v) is 11.7. The van der Waals surface area contributed by atoms with E-state index in [4.69, 9.17) is 15.6 Å². The molecule has 2 aromatic carbocycles. The van der Waals surface area contributed by atoms with Crippen LogP contribution in [0.2, 0.25) is 0 Å². The number of benzene rings is 2. The van der Waals surface area contributed by atoms with Gasteiger partial charge in [-0.2, -0.15) is 10.4 Å². The molecule has 0 radical (unpaired) electrons. The summed E-state index contributed by atoms with van der Waals surface area (Å²) in [6, 6.07) is 24.4. The van der Waals surface area contributed by atoms with Crippen LogP contribution in [0.5, 0.6) is 5.75 Å². The zero-order valence-electron chi connectivity index (χ0n) is 16.7. The normalized spacial score (nSPS) is 15.4. The second-order valence-electron chi connectivity index (χ2n) is 7.41. The summed E-state index contributed by atoms with van der Waals surface area (Å²) in [5.74, 6) is 0.533. The van der Waals surface area contributed by atoms with Crippen molar-refractivity contribution in [3.05, 3.63) is 100 Å². The van der Waals surface area contributed by atoms with E-state index in [2.05, 4.69) is 18.2 Å². The van der Waals surface area contributed by atoms with E-state index in [0.717, 1.165) is 42.5 Å². The maximum atomic E-state index is 10.1. The van der Waals surface area contributed by atoms with Crippen LogP contribution in [0.25, 0.3) is 26.3 Å². The molecule has 5 nitrogen and oxygen atoms in total. The minimum Gasteiger partial charge on any atom is -0.439 e. The largest absolute Gasteiger partial charge is 0.439 e. The standard InChI is InChI=1S/C25H16N4OS2/c26-13-17-21(24-23(30-25(17)27)16-9-4-5-10-19(16)32-24)18-14-29(15-7-2-1-3-8-15)28-22(18)20-11-6-12-31-20/h1-12,14,21H,27H2/t21-/m1/s1. The van der Waals surface area contributed by atoms with E-state index in [0.29, 0.717) is 5.57 Å². The van der Waals surface area contributed by atoms with Crippen molar-refractivity contribution >= 4 is 32.8 Å². The van der Waals surface area contributed by atoms with Crippen molar-refractivity contribution in [3.63, 3.8) is 0 Å². The highest BCUT2D eigenvalue weighted by molar-refractivity contribution is 7.19. The van der Waals surface area contributed by atoms with E-state index in [1.165, 1.54) is 0 Å². The Bertz CT molecular complexity index is 1520. The van der Waals surface area contributed by atoms with Crippen LogP contribution in [0.15, 0.2) is 89.8 Å². The molecule has 32 heavy (non-hydrogen) atoms. The maximum absolute atomic E-state index is 10.1. The number of fused-ring (bicyclic) bond motifs is 3. The van der Waals surface area contributed by atoms with Gasteiger partial charge in [0.2, 0.25) is 5.88 Å². The zero-order chi connectivity index (χ0) is 21.7. The first-order valence-electron chi connectivity index (χ1n) is 10.0. The van der Waals surface area contributed by atoms with E-state index in [9.17, 15) is 5.26 Å². The summed E-state index contributed by atoms with van der Waals surface area (Å²) in [6.45, 7) is 0. The number of hydrogen-bond donors (Lipinski definition) is 1. The second-order valence-corrected chi connectivity index (χ2v) is 9.44. The number of nitrogens with zero attached hydrogens (tertiary/aromatic N) is 3. The molecule has 0 spiro atoms. The maximum Gasteiger partial charge on any atom is 0.205 e. The number of rotatable bonds is 3. The fraction of sp³-hybridized carbons (Fsp3) is 0.0400. The van der Waals surface area contributed by atoms with Crippen LogP contribution >= 0.6 is 22.7 Å². The van der Waals surface area contributed by atoms with E-state index in [1.807, 2.05) is 70.9 Å². The average Bonchev–Trinajstić information content (AvgIpc) is 3.57. The molecule has 0 aliphatic carbocycles. The number of ether oxygens (including phenoxy) is 1. The summed E-state index contributed by atoms with van der Waals surface area (Å²) >= 11 is 3.26. The van der Waals surface area contributed by atoms with Crippen LogP contribution in [0.4, 0.5) is 0 Å². The fourth-order valence-corrected chi connectivity index (χ4v) is 6.10. The van der Waals surface area contributed by atoms with Crippen molar-refractivity contribution in [3.8, 4) is 28.1 Å². The lowest BCUT2D eigenvalue weighted by Gasteiger charge is -2.23. The number of hydrogen-bond acceptors (Lipinski definition) is 6. The third-order valence-electron chi connectivity index (χ3n) is 5.55. The first-order chi connectivity index (χ1) is 15.7. The molecular formula is C25H16N4OS2. The lowest BCUT2D eigenvalue weighted by Crippen LogP contribution is -2.19. The molecule has 4 heterocycles. The van der Waals surface area contributed by atoms with Gasteiger partial charge in [-0.15, -0.1) is 22.7 Å². The van der Waals surface area contributed by atoms with Gasteiger partial charge in [0.25, 0.3) is 0 Å². The third kappa shape index (κ3) is 2.85. The van der Waals surface area contributed by atoms with Gasteiger partial charge >= 0.3 is 0 Å². The molecule has 0 saturated heterocycles. The Morgan fingerprint density at radius 1 is 1.03 bits per heavy atom. The Balaban J connectivity index is 1.64. The zero-order valence-corrected chi connectivity index (χ0v) is 18.4. The van der Waals surface area contributed by atoms with Crippen LogP contribution in [0.1, 0.15) is 16.4 Å². The minimum atomic E-state index is -0.351. The Hall–Kier alpha value is -3.86. The summed E-state index contributed by atoms with van der Waals surface area (Å²) in [4.78, 5) is 2.02. The van der Waals surface area contributed by atoms with E-state index in [-0.39, 0.29) is 11.8 Å². The van der Waals surface area contributed by atoms with Gasteiger partial charge in [0.1, 0.15) is 17.3 Å². The highest BCUT2D eigenvalue weighted by Crippen LogP contribution is 2.51. The molecule has 154 valence electrons. The molecule has 0 bridgehead atoms. The molecule has 7 heteroatoms. The van der Waals surface area contributed by atoms with Gasteiger partial charge in [0.15, 0.2) is 5.75 Å². The molecule has 5 aromatic rings. The highest BCUT2D eigenvalue weighted by Gasteiger charge is 2.36. The Morgan fingerprint density at radius 3 is 2.62 bits per heavy atom. The predicted octanol–water partition coefficient (Wildman–Crippen LogP) is 6.03. The number of aromatic nitrogens is 2. The minimum absolute atomic E-state index is 0.151. The van der Waals surface area contributed by atoms with Crippen LogP contribution in [-0.2, 0) is 0 Å². The van der Waals surface area contributed by atoms with Gasteiger partial charge in [-0.1, -0.05) is 36.4 Å². The highest BCUT2D eigenvalue weighted by atomic mass is 32.1. The molecule has 0 unspecified atom stereocenters. The molecule has 3 aromatic heterocycles. The fourth-order valence-electron chi connectivity index (χ4n) is 4.11. The van der Waals surface area contributed by atoms with Crippen molar-refractivity contribution < 1.29 is 4.74 Å². The molecule has 2 N–H and O–H groups in total. The number of para-hydroxylation sites is 1. The van der Waals surface area contributed by atoms with E-state index in [1.54, 1.807) is 22.7 Å². The molecule has 1 atom stereocenters. The van der Waals surface area contributed by atoms with Crippen molar-refractivity contribution in [1.29, 1.82) is 5.26 Å². The molecule has 0 saturated carbocycles. The van der Waals surface area contributed by atoms with Crippen LogP contribution < -0.4 is 10.5 Å². The van der Waals surface area contributed by atoms with Gasteiger partial charge < -0.3 is 10.5 Å². The summed E-state index contributed by atoms with van der Waals surface area (Å²) in [6.07, 6.45) is 2.01. The van der Waals surface area contributed by atoms with Crippen LogP contribution in [-0.4, -0.2) is 9.78 Å². The smallest absolute Gasteiger partial charge is 0.205 e. The molecular weight excluding hydrogens is 436 g/mol. The number of nitriles is 1. The molecule has 1 aliphatic heterocycles. The number of thiophene rings is 2. The Labute approximate surface area is 192 Å². The Morgan fingerprint density at radius 2 is 1.84 bits per heavy atom. The van der Waals surface area contributed by atoms with Gasteiger partial charge in [-0.05, 0) is 35.7 Å². The van der Waals surface area contributed by atoms with Crippen molar-refractivity contribution in [1.82, 2.24) is 9.78 Å². The summed E-state index contributed by atoms with van der Waals surface area (Å²) in [5.41, 5.74) is 9.43. The SMILES string of the molecule is N#CC1=C(N)Oc2c(sc3ccccc23)[C@H]1c1cn(-c2ccccc2)nc1-c1cccs1. The van der Waals surface area contributed by atoms with Gasteiger partial charge in [0.05, 0.1) is 21.4 Å². The topological polar surface area (TPSA) is 76.9 Å². The van der Waals surface area contributed by atoms with E-state index >= 15 is 0 Å². The van der Waals surface area contributed by atoms with Gasteiger partial charge in [-0.25, -0.2) is 4.68 Å². The molecule has 0 amide bonds. The molecule has 6 rings (SSSR count). The van der Waals surface area contributed by atoms with Gasteiger partial charge in [-0.3, -0.25) is 0 Å². The summed E-state index contributed by atoms with van der Waals surface area (Å²) < 4.78 is 8.96. The second kappa shape index (κ2) is 7.38. The van der Waals surface area contributed by atoms with E-state index < -0.39 is 0 Å². The number of allylic oxidation sites excluding steroid dienone is 1. The summed E-state index contributed by atoms with van der Waals surface area (Å²) in [7, 11) is 0. The van der Waals surface area contributed by atoms with Crippen molar-refractivity contribution in [2.45, 2.75) is 5.92 Å². The van der Waals surface area contributed by atoms with Crippen molar-refractivity contribution in [2.75, 3.05) is 0 Å². The monoisotopic (exact) mass is 452 g/mol. The van der Waals surface area contributed by atoms with Crippen LogP contribution in [0, 0.1) is 11.3 Å². The predicted molar refractivity (Wildman–Crippen MR) is 128 cm³/mol. The lowest BCUT2D eigenvalue weighted by molar-refractivity contribution is 0.401. The van der Waals surface area contributed by atoms with Crippen LogP contribution in [0.3, 0.4) is 0 Å².